The molecule has 21 heavy (non-hydrogen) atoms. The first kappa shape index (κ1) is 15.7. The van der Waals surface area contributed by atoms with E-state index in [1.165, 1.54) is 6.26 Å². The molecule has 5 heteroatoms. The molecule has 1 aliphatic heterocycles. The molecule has 0 aliphatic carbocycles. The van der Waals surface area contributed by atoms with Crippen molar-refractivity contribution in [1.29, 1.82) is 0 Å². The number of hydrogen-bond donors (Lipinski definition) is 0. The Morgan fingerprint density at radius 1 is 1.29 bits per heavy atom. The van der Waals surface area contributed by atoms with Crippen molar-refractivity contribution in [2.75, 3.05) is 7.11 Å². The molecule has 1 fully saturated rings. The summed E-state index contributed by atoms with van der Waals surface area (Å²) >= 11 is 0. The lowest BCUT2D eigenvalue weighted by atomic mass is 10.2. The molecule has 5 nitrogen and oxygen atoms in total. The second-order valence-corrected chi connectivity index (χ2v) is 5.16. The molecule has 0 amide bonds. The first-order valence-corrected chi connectivity index (χ1v) is 6.81. The van der Waals surface area contributed by atoms with Crippen molar-refractivity contribution in [2.24, 2.45) is 0 Å². The van der Waals surface area contributed by atoms with E-state index >= 15 is 0 Å². The summed E-state index contributed by atoms with van der Waals surface area (Å²) < 4.78 is 21.5. The van der Waals surface area contributed by atoms with Gasteiger partial charge in [-0.2, -0.15) is 0 Å². The van der Waals surface area contributed by atoms with E-state index in [0.717, 1.165) is 0 Å². The van der Waals surface area contributed by atoms with Gasteiger partial charge < -0.3 is 18.9 Å². The molecule has 0 radical (unpaired) electrons. The van der Waals surface area contributed by atoms with Crippen LogP contribution in [0.1, 0.15) is 30.6 Å². The van der Waals surface area contributed by atoms with Gasteiger partial charge in [-0.05, 0) is 38.5 Å². The molecule has 1 aromatic carbocycles. The van der Waals surface area contributed by atoms with Crippen molar-refractivity contribution in [3.63, 3.8) is 0 Å². The standard InChI is InChI=1S/C16H20O5/c1-16(2)20-13(15(18-3)21-16)10-7-11-19-14(17)12-8-5-4-6-9-12/h4-9,11,13,15H,10H2,1-3H3/b11-7+/t13?,15-/m1/s1. The Balaban J connectivity index is 1.82. The molecule has 0 N–H and O–H groups in total. The predicted octanol–water partition coefficient (Wildman–Crippen LogP) is 2.87. The summed E-state index contributed by atoms with van der Waals surface area (Å²) in [5.74, 6) is -1.06. The Morgan fingerprint density at radius 3 is 2.67 bits per heavy atom. The highest BCUT2D eigenvalue weighted by Crippen LogP contribution is 2.30. The van der Waals surface area contributed by atoms with Gasteiger partial charge in [0.25, 0.3) is 0 Å². The molecular weight excluding hydrogens is 272 g/mol. The van der Waals surface area contributed by atoms with Crippen LogP contribution >= 0.6 is 0 Å². The van der Waals surface area contributed by atoms with Gasteiger partial charge >= 0.3 is 5.97 Å². The monoisotopic (exact) mass is 292 g/mol. The molecular formula is C16H20O5. The summed E-state index contributed by atoms with van der Waals surface area (Å²) in [6, 6.07) is 8.82. The maximum atomic E-state index is 11.7. The Morgan fingerprint density at radius 2 is 2.00 bits per heavy atom. The number of methoxy groups -OCH3 is 1. The van der Waals surface area contributed by atoms with Gasteiger partial charge in [-0.25, -0.2) is 4.79 Å². The van der Waals surface area contributed by atoms with Gasteiger partial charge in [-0.3, -0.25) is 0 Å². The summed E-state index contributed by atoms with van der Waals surface area (Å²) in [7, 11) is 1.57. The third-order valence-electron chi connectivity index (χ3n) is 3.02. The van der Waals surface area contributed by atoms with Crippen LogP contribution in [0.5, 0.6) is 0 Å². The van der Waals surface area contributed by atoms with Crippen LogP contribution < -0.4 is 0 Å². The highest BCUT2D eigenvalue weighted by molar-refractivity contribution is 5.89. The minimum absolute atomic E-state index is 0.225. The Labute approximate surface area is 124 Å². The highest BCUT2D eigenvalue weighted by atomic mass is 16.8. The zero-order valence-corrected chi connectivity index (χ0v) is 12.4. The van der Waals surface area contributed by atoms with Crippen LogP contribution in [0.15, 0.2) is 42.7 Å². The first-order chi connectivity index (χ1) is 10.0. The van der Waals surface area contributed by atoms with E-state index in [1.807, 2.05) is 19.9 Å². The highest BCUT2D eigenvalue weighted by Gasteiger charge is 2.40. The predicted molar refractivity (Wildman–Crippen MR) is 76.4 cm³/mol. The normalized spacial score (nSPS) is 24.3. The van der Waals surface area contributed by atoms with Crippen molar-refractivity contribution in [2.45, 2.75) is 38.4 Å². The van der Waals surface area contributed by atoms with E-state index < -0.39 is 12.1 Å². The van der Waals surface area contributed by atoms with Gasteiger partial charge in [0, 0.05) is 7.11 Å². The van der Waals surface area contributed by atoms with Crippen molar-refractivity contribution in [3.05, 3.63) is 48.2 Å². The number of hydrogen-bond acceptors (Lipinski definition) is 5. The smallest absolute Gasteiger partial charge is 0.342 e. The first-order valence-electron chi connectivity index (χ1n) is 6.81. The molecule has 0 aromatic heterocycles. The maximum absolute atomic E-state index is 11.7. The van der Waals surface area contributed by atoms with Crippen LogP contribution in [-0.4, -0.2) is 31.3 Å². The van der Waals surface area contributed by atoms with Gasteiger partial charge in [0.05, 0.1) is 11.8 Å². The number of benzene rings is 1. The minimum Gasteiger partial charge on any atom is -0.431 e. The van der Waals surface area contributed by atoms with Crippen LogP contribution in [-0.2, 0) is 18.9 Å². The molecule has 2 rings (SSSR count). The van der Waals surface area contributed by atoms with Gasteiger partial charge in [-0.15, -0.1) is 0 Å². The van der Waals surface area contributed by atoms with Crippen LogP contribution in [0.3, 0.4) is 0 Å². The fourth-order valence-corrected chi connectivity index (χ4v) is 2.10. The van der Waals surface area contributed by atoms with Crippen LogP contribution in [0.4, 0.5) is 0 Å². The summed E-state index contributed by atoms with van der Waals surface area (Å²) in [4.78, 5) is 11.7. The van der Waals surface area contributed by atoms with Crippen LogP contribution in [0, 0.1) is 0 Å². The molecule has 0 spiro atoms. The zero-order valence-electron chi connectivity index (χ0n) is 12.4. The molecule has 1 aliphatic rings. The van der Waals surface area contributed by atoms with Gasteiger partial charge in [0.2, 0.25) is 0 Å². The van der Waals surface area contributed by atoms with Gasteiger partial charge in [-0.1, -0.05) is 18.2 Å². The van der Waals surface area contributed by atoms with E-state index in [2.05, 4.69) is 0 Å². The fourth-order valence-electron chi connectivity index (χ4n) is 2.10. The molecule has 0 bridgehead atoms. The number of rotatable bonds is 5. The lowest BCUT2D eigenvalue weighted by Gasteiger charge is -2.15. The average Bonchev–Trinajstić information content (AvgIpc) is 2.78. The van der Waals surface area contributed by atoms with E-state index in [-0.39, 0.29) is 12.1 Å². The van der Waals surface area contributed by atoms with Crippen molar-refractivity contribution in [1.82, 2.24) is 0 Å². The van der Waals surface area contributed by atoms with Crippen LogP contribution in [0.25, 0.3) is 0 Å². The molecule has 1 unspecified atom stereocenters. The molecule has 1 aromatic rings. The number of carbonyl (C=O) groups is 1. The Hall–Kier alpha value is -1.69. The summed E-state index contributed by atoms with van der Waals surface area (Å²) in [5.41, 5.74) is 0.513. The minimum atomic E-state index is -0.667. The Kier molecular flexibility index (Phi) is 5.12. The number of carbonyl (C=O) groups excluding carboxylic acids is 1. The summed E-state index contributed by atoms with van der Waals surface area (Å²) in [6.45, 7) is 3.66. The zero-order chi connectivity index (χ0) is 15.3. The van der Waals surface area contributed by atoms with Crippen molar-refractivity contribution < 1.29 is 23.7 Å². The SMILES string of the molecule is CO[C@@H]1OC(C)(C)OC1C/C=C/OC(=O)c1ccccc1. The lowest BCUT2D eigenvalue weighted by molar-refractivity contribution is -0.182. The van der Waals surface area contributed by atoms with Gasteiger partial charge in [0.1, 0.15) is 6.10 Å². The largest absolute Gasteiger partial charge is 0.431 e. The molecule has 114 valence electrons. The summed E-state index contributed by atoms with van der Waals surface area (Å²) in [5, 5.41) is 0. The summed E-state index contributed by atoms with van der Waals surface area (Å²) in [6.07, 6.45) is 2.98. The average molecular weight is 292 g/mol. The number of esters is 1. The maximum Gasteiger partial charge on any atom is 0.342 e. The van der Waals surface area contributed by atoms with Crippen molar-refractivity contribution in [3.8, 4) is 0 Å². The van der Waals surface area contributed by atoms with E-state index in [0.29, 0.717) is 12.0 Å². The third-order valence-corrected chi connectivity index (χ3v) is 3.02. The van der Waals surface area contributed by atoms with Crippen molar-refractivity contribution >= 4 is 5.97 Å². The molecule has 1 heterocycles. The van der Waals surface area contributed by atoms with Crippen LogP contribution in [0.2, 0.25) is 0 Å². The van der Waals surface area contributed by atoms with Gasteiger partial charge in [0.15, 0.2) is 12.1 Å². The Bertz CT molecular complexity index is 495. The quantitative estimate of drug-likeness (QED) is 0.617. The van der Waals surface area contributed by atoms with E-state index in [1.54, 1.807) is 37.5 Å². The van der Waals surface area contributed by atoms with E-state index in [4.69, 9.17) is 18.9 Å². The lowest BCUT2D eigenvalue weighted by Crippen LogP contribution is -2.23. The second kappa shape index (κ2) is 6.85. The molecule has 2 atom stereocenters. The molecule has 0 saturated carbocycles. The second-order valence-electron chi connectivity index (χ2n) is 5.16. The topological polar surface area (TPSA) is 54.0 Å². The number of ether oxygens (including phenoxy) is 4. The molecule has 1 saturated heterocycles. The van der Waals surface area contributed by atoms with E-state index in [9.17, 15) is 4.79 Å². The third kappa shape index (κ3) is 4.39. The fraction of sp³-hybridized carbons (Fsp3) is 0.438.